The third-order valence-corrected chi connectivity index (χ3v) is 2.31. The lowest BCUT2D eigenvalue weighted by atomic mass is 10.2. The van der Waals surface area contributed by atoms with Gasteiger partial charge in [-0.1, -0.05) is 13.3 Å². The van der Waals surface area contributed by atoms with Crippen LogP contribution in [0, 0.1) is 0 Å². The van der Waals surface area contributed by atoms with Gasteiger partial charge in [-0.25, -0.2) is 0 Å². The average molecular weight is 216 g/mol. The molecule has 3 nitrogen and oxygen atoms in total. The largest absolute Gasteiger partial charge is 0.466 e. The molecular weight excluding hydrogens is 192 g/mol. The Hall–Kier alpha value is -0.570. The Bertz CT molecular complexity index is 157. The lowest BCUT2D eigenvalue weighted by Crippen LogP contribution is -2.07. The second-order valence-corrected chi connectivity index (χ2v) is 3.71. The highest BCUT2D eigenvalue weighted by Crippen LogP contribution is 2.03. The quantitative estimate of drug-likeness (QED) is 0.439. The van der Waals surface area contributed by atoms with Gasteiger partial charge in [0, 0.05) is 13.0 Å². The van der Waals surface area contributed by atoms with Crippen LogP contribution in [0.4, 0.5) is 0 Å². The molecule has 15 heavy (non-hydrogen) atoms. The van der Waals surface area contributed by atoms with Gasteiger partial charge in [0.2, 0.25) is 0 Å². The first-order valence-electron chi connectivity index (χ1n) is 5.97. The van der Waals surface area contributed by atoms with Crippen LogP contribution in [0.25, 0.3) is 0 Å². The van der Waals surface area contributed by atoms with Crippen molar-refractivity contribution < 1.29 is 14.3 Å². The van der Waals surface area contributed by atoms with E-state index in [1.54, 1.807) is 0 Å². The molecule has 1 atom stereocenters. The van der Waals surface area contributed by atoms with Crippen LogP contribution in [0.1, 0.15) is 52.9 Å². The van der Waals surface area contributed by atoms with E-state index in [2.05, 4.69) is 13.8 Å². The van der Waals surface area contributed by atoms with Gasteiger partial charge in [-0.15, -0.1) is 0 Å². The van der Waals surface area contributed by atoms with Crippen molar-refractivity contribution >= 4 is 5.97 Å². The fraction of sp³-hybridized carbons (Fsp3) is 0.917. The number of esters is 1. The smallest absolute Gasteiger partial charge is 0.305 e. The molecule has 0 saturated carbocycles. The van der Waals surface area contributed by atoms with Crippen molar-refractivity contribution in [1.82, 2.24) is 0 Å². The molecule has 0 aliphatic rings. The van der Waals surface area contributed by atoms with E-state index in [1.165, 1.54) is 0 Å². The molecule has 0 rings (SSSR count). The Morgan fingerprint density at radius 3 is 2.53 bits per heavy atom. The number of carbonyl (C=O) groups excluding carboxylic acids is 1. The Balaban J connectivity index is 3.14. The molecule has 0 N–H and O–H groups in total. The number of rotatable bonds is 9. The van der Waals surface area contributed by atoms with Crippen molar-refractivity contribution in [2.75, 3.05) is 13.2 Å². The van der Waals surface area contributed by atoms with Gasteiger partial charge in [-0.3, -0.25) is 4.79 Å². The summed E-state index contributed by atoms with van der Waals surface area (Å²) in [5.41, 5.74) is 0. The molecule has 0 saturated heterocycles. The van der Waals surface area contributed by atoms with E-state index in [0.29, 0.717) is 19.1 Å². The van der Waals surface area contributed by atoms with E-state index in [1.807, 2.05) is 6.92 Å². The summed E-state index contributed by atoms with van der Waals surface area (Å²) < 4.78 is 10.4. The average Bonchev–Trinajstić information content (AvgIpc) is 2.23. The van der Waals surface area contributed by atoms with Crippen LogP contribution in [0.5, 0.6) is 0 Å². The number of carbonyl (C=O) groups is 1. The predicted molar refractivity (Wildman–Crippen MR) is 60.8 cm³/mol. The fourth-order valence-electron chi connectivity index (χ4n) is 1.18. The number of hydrogen-bond acceptors (Lipinski definition) is 3. The van der Waals surface area contributed by atoms with E-state index < -0.39 is 0 Å². The maximum absolute atomic E-state index is 11.0. The number of unbranched alkanes of at least 4 members (excludes halogenated alkanes) is 2. The zero-order valence-electron chi connectivity index (χ0n) is 10.3. The molecule has 0 aliphatic heterocycles. The van der Waals surface area contributed by atoms with Gasteiger partial charge in [0.05, 0.1) is 12.7 Å². The molecule has 3 heteroatoms. The monoisotopic (exact) mass is 216 g/mol. The Morgan fingerprint density at radius 1 is 1.20 bits per heavy atom. The van der Waals surface area contributed by atoms with Crippen molar-refractivity contribution in [3.63, 3.8) is 0 Å². The van der Waals surface area contributed by atoms with Crippen LogP contribution in [0.15, 0.2) is 0 Å². The first-order chi connectivity index (χ1) is 7.20. The second kappa shape index (κ2) is 9.97. The van der Waals surface area contributed by atoms with Crippen LogP contribution in [-0.2, 0) is 14.3 Å². The van der Waals surface area contributed by atoms with Crippen LogP contribution >= 0.6 is 0 Å². The third kappa shape index (κ3) is 9.73. The molecule has 0 aromatic heterocycles. The van der Waals surface area contributed by atoms with Gasteiger partial charge in [0.15, 0.2) is 0 Å². The highest BCUT2D eigenvalue weighted by molar-refractivity contribution is 5.69. The van der Waals surface area contributed by atoms with Crippen molar-refractivity contribution in [3.05, 3.63) is 0 Å². The van der Waals surface area contributed by atoms with E-state index in [-0.39, 0.29) is 5.97 Å². The van der Waals surface area contributed by atoms with Gasteiger partial charge < -0.3 is 9.47 Å². The van der Waals surface area contributed by atoms with Crippen LogP contribution in [0.3, 0.4) is 0 Å². The minimum Gasteiger partial charge on any atom is -0.466 e. The lowest BCUT2D eigenvalue weighted by Gasteiger charge is -2.09. The molecule has 0 bridgehead atoms. The molecule has 0 amide bonds. The maximum atomic E-state index is 11.0. The number of ether oxygens (including phenoxy) is 2. The zero-order valence-corrected chi connectivity index (χ0v) is 10.3. The Labute approximate surface area is 93.1 Å². The topological polar surface area (TPSA) is 35.5 Å². The molecule has 0 aliphatic carbocycles. The summed E-state index contributed by atoms with van der Waals surface area (Å²) in [7, 11) is 0. The summed E-state index contributed by atoms with van der Waals surface area (Å²) in [6.07, 6.45) is 4.93. The van der Waals surface area contributed by atoms with E-state index >= 15 is 0 Å². The predicted octanol–water partition coefficient (Wildman–Crippen LogP) is 2.93. The highest BCUT2D eigenvalue weighted by Gasteiger charge is 2.01. The van der Waals surface area contributed by atoms with E-state index in [4.69, 9.17) is 9.47 Å². The van der Waals surface area contributed by atoms with Crippen molar-refractivity contribution in [1.29, 1.82) is 0 Å². The van der Waals surface area contributed by atoms with Gasteiger partial charge >= 0.3 is 5.97 Å². The van der Waals surface area contributed by atoms with Crippen molar-refractivity contribution in [2.24, 2.45) is 0 Å². The summed E-state index contributed by atoms with van der Waals surface area (Å²) in [5, 5.41) is 0. The molecule has 0 radical (unpaired) electrons. The van der Waals surface area contributed by atoms with Crippen molar-refractivity contribution in [3.8, 4) is 0 Å². The summed E-state index contributed by atoms with van der Waals surface area (Å²) >= 11 is 0. The molecule has 90 valence electrons. The highest BCUT2D eigenvalue weighted by atomic mass is 16.5. The zero-order chi connectivity index (χ0) is 11.5. The summed E-state index contributed by atoms with van der Waals surface area (Å²) in [4.78, 5) is 11.0. The molecule has 0 heterocycles. The normalized spacial score (nSPS) is 12.5. The molecule has 0 aromatic carbocycles. The van der Waals surface area contributed by atoms with Crippen LogP contribution in [-0.4, -0.2) is 25.3 Å². The van der Waals surface area contributed by atoms with Gasteiger partial charge in [-0.05, 0) is 33.1 Å². The van der Waals surface area contributed by atoms with E-state index in [9.17, 15) is 4.79 Å². The molecule has 0 spiro atoms. The minimum atomic E-state index is -0.0830. The summed E-state index contributed by atoms with van der Waals surface area (Å²) in [6, 6.07) is 0. The summed E-state index contributed by atoms with van der Waals surface area (Å²) in [5.74, 6) is -0.0830. The number of hydrogen-bond donors (Lipinski definition) is 0. The fourth-order valence-corrected chi connectivity index (χ4v) is 1.18. The van der Waals surface area contributed by atoms with Crippen LogP contribution < -0.4 is 0 Å². The van der Waals surface area contributed by atoms with Gasteiger partial charge in [-0.2, -0.15) is 0 Å². The van der Waals surface area contributed by atoms with Gasteiger partial charge in [0.25, 0.3) is 0 Å². The first-order valence-corrected chi connectivity index (χ1v) is 5.97. The van der Waals surface area contributed by atoms with Crippen molar-refractivity contribution in [2.45, 2.75) is 59.0 Å². The van der Waals surface area contributed by atoms with Crippen LogP contribution in [0.2, 0.25) is 0 Å². The SMILES string of the molecule is CCOC(=O)CCCCCOC(C)CC. The van der Waals surface area contributed by atoms with Gasteiger partial charge in [0.1, 0.15) is 0 Å². The standard InChI is InChI=1S/C12H24O3/c1-4-11(3)15-10-8-6-7-9-12(13)14-5-2/h11H,4-10H2,1-3H3. The minimum absolute atomic E-state index is 0.0830. The molecule has 1 unspecified atom stereocenters. The Morgan fingerprint density at radius 2 is 1.93 bits per heavy atom. The molecule has 0 aromatic rings. The Kier molecular flexibility index (Phi) is 9.59. The van der Waals surface area contributed by atoms with E-state index in [0.717, 1.165) is 32.3 Å². The third-order valence-electron chi connectivity index (χ3n) is 2.31. The second-order valence-electron chi connectivity index (χ2n) is 3.71. The first kappa shape index (κ1) is 14.4. The lowest BCUT2D eigenvalue weighted by molar-refractivity contribution is -0.143. The summed E-state index contributed by atoms with van der Waals surface area (Å²) in [6.45, 7) is 7.32. The molecular formula is C12H24O3. The maximum Gasteiger partial charge on any atom is 0.305 e. The molecule has 0 fully saturated rings.